The lowest BCUT2D eigenvalue weighted by Gasteiger charge is -2.34. The summed E-state index contributed by atoms with van der Waals surface area (Å²) in [7, 11) is 2.14. The third kappa shape index (κ3) is 2.94. The minimum atomic E-state index is 0.286. The molecule has 0 aromatic heterocycles. The van der Waals surface area contributed by atoms with Crippen molar-refractivity contribution in [3.63, 3.8) is 0 Å². The van der Waals surface area contributed by atoms with E-state index in [4.69, 9.17) is 0 Å². The van der Waals surface area contributed by atoms with Crippen molar-refractivity contribution < 1.29 is 5.11 Å². The van der Waals surface area contributed by atoms with E-state index >= 15 is 0 Å². The fourth-order valence-corrected chi connectivity index (χ4v) is 2.24. The number of hydrogen-bond acceptors (Lipinski definition) is 3. The lowest BCUT2D eigenvalue weighted by atomic mass is 10.1. The predicted octanol–water partition coefficient (Wildman–Crippen LogP) is 0.783. The Kier molecular flexibility index (Phi) is 4.85. The van der Waals surface area contributed by atoms with Crippen LogP contribution in [0, 0.1) is 0 Å². The number of nitrogens with zero attached hydrogens (tertiary/aromatic N) is 2. The molecule has 1 saturated heterocycles. The molecule has 2 unspecified atom stereocenters. The summed E-state index contributed by atoms with van der Waals surface area (Å²) in [5, 5.41) is 9.38. The molecule has 1 fully saturated rings. The van der Waals surface area contributed by atoms with E-state index in [0.717, 1.165) is 19.6 Å². The third-order valence-electron chi connectivity index (χ3n) is 3.32. The van der Waals surface area contributed by atoms with Crippen molar-refractivity contribution in [1.29, 1.82) is 0 Å². The Morgan fingerprint density at radius 2 is 2.14 bits per heavy atom. The predicted molar refractivity (Wildman–Crippen MR) is 59.4 cm³/mol. The third-order valence-corrected chi connectivity index (χ3v) is 3.32. The normalized spacial score (nSPS) is 28.7. The molecule has 0 radical (unpaired) electrons. The van der Waals surface area contributed by atoms with Crippen LogP contribution in [0.25, 0.3) is 0 Å². The zero-order chi connectivity index (χ0) is 10.6. The standard InChI is InChI=1S/C11H24N2O/c1-4-10(2)13-7-5-6-12(3)8-11(13)9-14/h10-11,14H,4-9H2,1-3H3. The Morgan fingerprint density at radius 1 is 1.43 bits per heavy atom. The first-order chi connectivity index (χ1) is 6.69. The molecule has 2 atom stereocenters. The van der Waals surface area contributed by atoms with Gasteiger partial charge in [-0.05, 0) is 33.4 Å². The Morgan fingerprint density at radius 3 is 2.71 bits per heavy atom. The van der Waals surface area contributed by atoms with Crippen molar-refractivity contribution in [2.24, 2.45) is 0 Å². The van der Waals surface area contributed by atoms with E-state index in [0.29, 0.717) is 12.1 Å². The summed E-state index contributed by atoms with van der Waals surface area (Å²) in [6, 6.07) is 0.927. The van der Waals surface area contributed by atoms with Crippen molar-refractivity contribution in [1.82, 2.24) is 9.80 Å². The number of hydrogen-bond donors (Lipinski definition) is 1. The summed E-state index contributed by atoms with van der Waals surface area (Å²) in [6.45, 7) is 8.05. The molecule has 1 aliphatic heterocycles. The fraction of sp³-hybridized carbons (Fsp3) is 1.00. The average Bonchev–Trinajstić information content (AvgIpc) is 2.38. The van der Waals surface area contributed by atoms with Gasteiger partial charge in [0.1, 0.15) is 0 Å². The van der Waals surface area contributed by atoms with Crippen LogP contribution < -0.4 is 0 Å². The van der Waals surface area contributed by atoms with Gasteiger partial charge in [0.05, 0.1) is 6.61 Å². The van der Waals surface area contributed by atoms with Crippen LogP contribution in [0.3, 0.4) is 0 Å². The van der Waals surface area contributed by atoms with E-state index in [1.165, 1.54) is 12.8 Å². The maximum absolute atomic E-state index is 9.38. The van der Waals surface area contributed by atoms with E-state index in [1.54, 1.807) is 0 Å². The van der Waals surface area contributed by atoms with Gasteiger partial charge in [-0.1, -0.05) is 6.92 Å². The van der Waals surface area contributed by atoms with Crippen LogP contribution in [0.2, 0.25) is 0 Å². The van der Waals surface area contributed by atoms with Crippen molar-refractivity contribution >= 4 is 0 Å². The van der Waals surface area contributed by atoms with Gasteiger partial charge in [-0.3, -0.25) is 4.90 Å². The molecule has 1 aliphatic rings. The molecule has 1 rings (SSSR count). The van der Waals surface area contributed by atoms with Crippen LogP contribution >= 0.6 is 0 Å². The first-order valence-corrected chi connectivity index (χ1v) is 5.74. The minimum absolute atomic E-state index is 0.286. The van der Waals surface area contributed by atoms with Crippen molar-refractivity contribution in [2.75, 3.05) is 33.3 Å². The summed E-state index contributed by atoms with van der Waals surface area (Å²) < 4.78 is 0. The number of likely N-dealkylation sites (N-methyl/N-ethyl adjacent to an activating group) is 1. The molecule has 14 heavy (non-hydrogen) atoms. The van der Waals surface area contributed by atoms with Crippen LogP contribution in [-0.4, -0.2) is 60.3 Å². The second-order valence-electron chi connectivity index (χ2n) is 4.45. The van der Waals surface area contributed by atoms with E-state index in [1.807, 2.05) is 0 Å². The molecule has 0 spiro atoms. The van der Waals surface area contributed by atoms with Gasteiger partial charge in [-0.2, -0.15) is 0 Å². The molecule has 0 aliphatic carbocycles. The maximum Gasteiger partial charge on any atom is 0.0599 e. The molecule has 0 bridgehead atoms. The molecule has 84 valence electrons. The zero-order valence-corrected chi connectivity index (χ0v) is 9.74. The smallest absolute Gasteiger partial charge is 0.0599 e. The summed E-state index contributed by atoms with van der Waals surface area (Å²) in [5.74, 6) is 0. The molecule has 0 amide bonds. The maximum atomic E-state index is 9.38. The van der Waals surface area contributed by atoms with Gasteiger partial charge in [0.15, 0.2) is 0 Å². The van der Waals surface area contributed by atoms with Gasteiger partial charge in [-0.25, -0.2) is 0 Å². The highest BCUT2D eigenvalue weighted by atomic mass is 16.3. The van der Waals surface area contributed by atoms with Gasteiger partial charge in [-0.15, -0.1) is 0 Å². The van der Waals surface area contributed by atoms with Crippen LogP contribution in [0.1, 0.15) is 26.7 Å². The fourth-order valence-electron chi connectivity index (χ4n) is 2.24. The first kappa shape index (κ1) is 12.0. The first-order valence-electron chi connectivity index (χ1n) is 5.74. The van der Waals surface area contributed by atoms with E-state index in [9.17, 15) is 5.11 Å². The topological polar surface area (TPSA) is 26.7 Å². The Labute approximate surface area is 87.7 Å². The monoisotopic (exact) mass is 200 g/mol. The molecule has 1 heterocycles. The molecule has 3 nitrogen and oxygen atoms in total. The summed E-state index contributed by atoms with van der Waals surface area (Å²) in [5.41, 5.74) is 0. The summed E-state index contributed by atoms with van der Waals surface area (Å²) in [4.78, 5) is 4.78. The van der Waals surface area contributed by atoms with E-state index in [-0.39, 0.29) is 6.61 Å². The van der Waals surface area contributed by atoms with E-state index < -0.39 is 0 Å². The van der Waals surface area contributed by atoms with Crippen LogP contribution in [-0.2, 0) is 0 Å². The number of aliphatic hydroxyl groups excluding tert-OH is 1. The Hall–Kier alpha value is -0.120. The van der Waals surface area contributed by atoms with Crippen molar-refractivity contribution in [3.05, 3.63) is 0 Å². The second kappa shape index (κ2) is 5.69. The van der Waals surface area contributed by atoms with Crippen molar-refractivity contribution in [3.8, 4) is 0 Å². The Balaban J connectivity index is 2.60. The van der Waals surface area contributed by atoms with Crippen molar-refractivity contribution in [2.45, 2.75) is 38.8 Å². The quantitative estimate of drug-likeness (QED) is 0.729. The number of aliphatic hydroxyl groups is 1. The van der Waals surface area contributed by atoms with Gasteiger partial charge in [0.25, 0.3) is 0 Å². The SMILES string of the molecule is CCC(C)N1CCCN(C)CC1CO. The highest BCUT2D eigenvalue weighted by Crippen LogP contribution is 2.14. The number of rotatable bonds is 3. The summed E-state index contributed by atoms with van der Waals surface area (Å²) in [6.07, 6.45) is 2.39. The molecule has 3 heteroatoms. The summed E-state index contributed by atoms with van der Waals surface area (Å²) >= 11 is 0. The molecule has 1 N–H and O–H groups in total. The molecule has 0 aromatic carbocycles. The lowest BCUT2D eigenvalue weighted by molar-refractivity contribution is 0.0851. The molecular weight excluding hydrogens is 176 g/mol. The van der Waals surface area contributed by atoms with Crippen LogP contribution in [0.4, 0.5) is 0 Å². The highest BCUT2D eigenvalue weighted by Gasteiger charge is 2.25. The molecule has 0 aromatic rings. The minimum Gasteiger partial charge on any atom is -0.395 e. The largest absolute Gasteiger partial charge is 0.395 e. The van der Waals surface area contributed by atoms with Gasteiger partial charge in [0.2, 0.25) is 0 Å². The van der Waals surface area contributed by atoms with Crippen LogP contribution in [0.5, 0.6) is 0 Å². The average molecular weight is 200 g/mol. The Bertz CT molecular complexity index is 163. The lowest BCUT2D eigenvalue weighted by Crippen LogP contribution is -2.46. The van der Waals surface area contributed by atoms with Crippen LogP contribution in [0.15, 0.2) is 0 Å². The van der Waals surface area contributed by atoms with Gasteiger partial charge < -0.3 is 10.0 Å². The highest BCUT2D eigenvalue weighted by molar-refractivity contribution is 4.81. The molecule has 0 saturated carbocycles. The van der Waals surface area contributed by atoms with Gasteiger partial charge in [0, 0.05) is 25.2 Å². The van der Waals surface area contributed by atoms with Gasteiger partial charge >= 0.3 is 0 Å². The second-order valence-corrected chi connectivity index (χ2v) is 4.45. The molecular formula is C11H24N2O. The zero-order valence-electron chi connectivity index (χ0n) is 9.74. The van der Waals surface area contributed by atoms with E-state index in [2.05, 4.69) is 30.7 Å².